The average molecular weight is 401 g/mol. The molecule has 1 N–H and O–H groups in total. The quantitative estimate of drug-likeness (QED) is 0.588. The highest BCUT2D eigenvalue weighted by Crippen LogP contribution is 2.27. The summed E-state index contributed by atoms with van der Waals surface area (Å²) in [5.74, 6) is 1.17. The Labute approximate surface area is 168 Å². The van der Waals surface area contributed by atoms with Gasteiger partial charge in [0.25, 0.3) is 0 Å². The predicted molar refractivity (Wildman–Crippen MR) is 112 cm³/mol. The number of aryl methyl sites for hydroxylation is 2. The Morgan fingerprint density at radius 3 is 2.74 bits per heavy atom. The number of aromatic nitrogens is 3. The zero-order chi connectivity index (χ0) is 19.4. The molecule has 1 atom stereocenters. The predicted octanol–water partition coefficient (Wildman–Crippen LogP) is 4.61. The molecule has 2 aromatic heterocycles. The van der Waals surface area contributed by atoms with Gasteiger partial charge in [-0.25, -0.2) is 0 Å². The van der Waals surface area contributed by atoms with Crippen molar-refractivity contribution < 1.29 is 4.79 Å². The van der Waals surface area contributed by atoms with Gasteiger partial charge in [0.15, 0.2) is 11.0 Å². The molecular weight excluding hydrogens is 376 g/mol. The van der Waals surface area contributed by atoms with Crippen molar-refractivity contribution in [2.75, 3.05) is 5.75 Å². The largest absolute Gasteiger partial charge is 0.349 e. The molecule has 0 aliphatic rings. The Balaban J connectivity index is 1.61. The van der Waals surface area contributed by atoms with Crippen LogP contribution < -0.4 is 5.32 Å². The van der Waals surface area contributed by atoms with E-state index in [4.69, 9.17) is 0 Å². The van der Waals surface area contributed by atoms with Gasteiger partial charge in [0, 0.05) is 6.54 Å². The van der Waals surface area contributed by atoms with E-state index < -0.39 is 0 Å². The third-order valence-corrected chi connectivity index (χ3v) is 6.35. The standard InChI is InChI=1S/C20H24N4OS2/c1-5-24-19(17-7-6-10-26-17)22-23-20(24)27-12-18(25)21-15(4)16-9-8-13(2)14(3)11-16/h6-11,15H,5,12H2,1-4H3,(H,21,25)/t15-/m0/s1. The lowest BCUT2D eigenvalue weighted by Gasteiger charge is -2.15. The van der Waals surface area contributed by atoms with Crippen LogP contribution in [0.25, 0.3) is 10.7 Å². The lowest BCUT2D eigenvalue weighted by atomic mass is 10.0. The van der Waals surface area contributed by atoms with Crippen molar-refractivity contribution in [1.82, 2.24) is 20.1 Å². The normalized spacial score (nSPS) is 12.1. The van der Waals surface area contributed by atoms with Crippen LogP contribution in [0.1, 0.15) is 36.6 Å². The van der Waals surface area contributed by atoms with E-state index in [1.807, 2.05) is 24.4 Å². The zero-order valence-electron chi connectivity index (χ0n) is 16.0. The number of thioether (sulfide) groups is 1. The van der Waals surface area contributed by atoms with E-state index in [-0.39, 0.29) is 11.9 Å². The van der Waals surface area contributed by atoms with Gasteiger partial charge in [0.1, 0.15) is 0 Å². The molecule has 0 fully saturated rings. The molecule has 1 aromatic carbocycles. The first-order chi connectivity index (χ1) is 13.0. The van der Waals surface area contributed by atoms with Crippen molar-refractivity contribution in [3.05, 3.63) is 52.4 Å². The van der Waals surface area contributed by atoms with Gasteiger partial charge in [-0.1, -0.05) is 36.0 Å². The minimum atomic E-state index is -0.0249. The van der Waals surface area contributed by atoms with Crippen LogP contribution in [-0.2, 0) is 11.3 Å². The van der Waals surface area contributed by atoms with Crippen LogP contribution in [0.15, 0.2) is 40.9 Å². The van der Waals surface area contributed by atoms with Gasteiger partial charge >= 0.3 is 0 Å². The van der Waals surface area contributed by atoms with E-state index in [2.05, 4.69) is 59.1 Å². The number of rotatable bonds is 7. The number of carbonyl (C=O) groups is 1. The van der Waals surface area contributed by atoms with Crippen LogP contribution in [0.2, 0.25) is 0 Å². The summed E-state index contributed by atoms with van der Waals surface area (Å²) in [5.41, 5.74) is 3.61. The average Bonchev–Trinajstić information content (AvgIpc) is 3.30. The molecule has 0 aliphatic carbocycles. The molecule has 3 aromatic rings. The topological polar surface area (TPSA) is 59.8 Å². The van der Waals surface area contributed by atoms with Crippen LogP contribution in [0.5, 0.6) is 0 Å². The van der Waals surface area contributed by atoms with Crippen molar-refractivity contribution in [3.8, 4) is 10.7 Å². The fourth-order valence-electron chi connectivity index (χ4n) is 2.80. The molecular formula is C20H24N4OS2. The van der Waals surface area contributed by atoms with Gasteiger partial charge in [0.05, 0.1) is 16.7 Å². The van der Waals surface area contributed by atoms with Gasteiger partial charge < -0.3 is 9.88 Å². The number of nitrogens with one attached hydrogen (secondary N) is 1. The number of amides is 1. The molecule has 27 heavy (non-hydrogen) atoms. The monoisotopic (exact) mass is 400 g/mol. The van der Waals surface area contributed by atoms with Crippen molar-refractivity contribution >= 4 is 29.0 Å². The van der Waals surface area contributed by atoms with Gasteiger partial charge in [-0.05, 0) is 55.8 Å². The SMILES string of the molecule is CCn1c(SCC(=O)N[C@@H](C)c2ccc(C)c(C)c2)nnc1-c1cccs1. The molecule has 0 saturated heterocycles. The highest BCUT2D eigenvalue weighted by Gasteiger charge is 2.16. The molecule has 0 saturated carbocycles. The number of nitrogens with zero attached hydrogens (tertiary/aromatic N) is 3. The second kappa shape index (κ2) is 8.71. The van der Waals surface area contributed by atoms with Crippen molar-refractivity contribution in [1.29, 1.82) is 0 Å². The van der Waals surface area contributed by atoms with Crippen LogP contribution in [0.3, 0.4) is 0 Å². The van der Waals surface area contributed by atoms with Gasteiger partial charge in [-0.15, -0.1) is 21.5 Å². The van der Waals surface area contributed by atoms with Crippen LogP contribution in [-0.4, -0.2) is 26.4 Å². The Morgan fingerprint density at radius 2 is 2.07 bits per heavy atom. The third kappa shape index (κ3) is 4.59. The molecule has 2 heterocycles. The van der Waals surface area contributed by atoms with Gasteiger partial charge in [-0.2, -0.15) is 0 Å². The Kier molecular flexibility index (Phi) is 6.34. The van der Waals surface area contributed by atoms with Crippen molar-refractivity contribution in [2.45, 2.75) is 45.4 Å². The van der Waals surface area contributed by atoms with E-state index in [1.165, 1.54) is 22.9 Å². The lowest BCUT2D eigenvalue weighted by Crippen LogP contribution is -2.28. The maximum absolute atomic E-state index is 12.4. The number of hydrogen-bond acceptors (Lipinski definition) is 5. The summed E-state index contributed by atoms with van der Waals surface area (Å²) in [6.45, 7) is 9.02. The highest BCUT2D eigenvalue weighted by atomic mass is 32.2. The summed E-state index contributed by atoms with van der Waals surface area (Å²) < 4.78 is 2.05. The molecule has 7 heteroatoms. The number of carbonyl (C=O) groups excluding carboxylic acids is 1. The van der Waals surface area contributed by atoms with E-state index in [9.17, 15) is 4.79 Å². The molecule has 0 aliphatic heterocycles. The van der Waals surface area contributed by atoms with Crippen LogP contribution in [0, 0.1) is 13.8 Å². The number of thiophene rings is 1. The molecule has 142 valence electrons. The van der Waals surface area contributed by atoms with Gasteiger partial charge in [-0.3, -0.25) is 4.79 Å². The number of benzene rings is 1. The summed E-state index contributed by atoms with van der Waals surface area (Å²) in [7, 11) is 0. The van der Waals surface area contributed by atoms with E-state index in [0.29, 0.717) is 5.75 Å². The Bertz CT molecular complexity index is 918. The van der Waals surface area contributed by atoms with Gasteiger partial charge in [0.2, 0.25) is 5.91 Å². The molecule has 3 rings (SSSR count). The minimum Gasteiger partial charge on any atom is -0.349 e. The van der Waals surface area contributed by atoms with Crippen molar-refractivity contribution in [3.63, 3.8) is 0 Å². The molecule has 0 unspecified atom stereocenters. The second-order valence-electron chi connectivity index (χ2n) is 6.45. The minimum absolute atomic E-state index is 0.00550. The first-order valence-electron chi connectivity index (χ1n) is 8.96. The summed E-state index contributed by atoms with van der Waals surface area (Å²) in [6, 6.07) is 10.3. The zero-order valence-corrected chi connectivity index (χ0v) is 17.7. The Hall–Kier alpha value is -2.12. The molecule has 0 radical (unpaired) electrons. The van der Waals surface area contributed by atoms with E-state index in [1.54, 1.807) is 11.3 Å². The van der Waals surface area contributed by atoms with E-state index >= 15 is 0 Å². The first-order valence-corrected chi connectivity index (χ1v) is 10.8. The van der Waals surface area contributed by atoms with E-state index in [0.717, 1.165) is 28.0 Å². The third-order valence-electron chi connectivity index (χ3n) is 4.52. The number of hydrogen-bond donors (Lipinski definition) is 1. The maximum Gasteiger partial charge on any atom is 0.230 e. The van der Waals surface area contributed by atoms with Crippen LogP contribution >= 0.6 is 23.1 Å². The maximum atomic E-state index is 12.4. The smallest absolute Gasteiger partial charge is 0.230 e. The summed E-state index contributed by atoms with van der Waals surface area (Å²) in [6.07, 6.45) is 0. The lowest BCUT2D eigenvalue weighted by molar-refractivity contribution is -0.119. The first kappa shape index (κ1) is 19.6. The molecule has 0 bridgehead atoms. The van der Waals surface area contributed by atoms with Crippen molar-refractivity contribution in [2.24, 2.45) is 0 Å². The summed E-state index contributed by atoms with van der Waals surface area (Å²) in [5, 5.41) is 14.4. The van der Waals surface area contributed by atoms with Crippen LogP contribution in [0.4, 0.5) is 0 Å². The fourth-order valence-corrected chi connectivity index (χ4v) is 4.33. The molecule has 1 amide bonds. The Morgan fingerprint density at radius 1 is 1.26 bits per heavy atom. The summed E-state index contributed by atoms with van der Waals surface area (Å²) >= 11 is 3.06. The summed E-state index contributed by atoms with van der Waals surface area (Å²) in [4.78, 5) is 13.5. The molecule has 5 nitrogen and oxygen atoms in total. The molecule has 0 spiro atoms. The second-order valence-corrected chi connectivity index (χ2v) is 8.34. The highest BCUT2D eigenvalue weighted by molar-refractivity contribution is 7.99. The fraction of sp³-hybridized carbons (Fsp3) is 0.350.